The first-order chi connectivity index (χ1) is 5.88. The number of nitrogens with zero attached hydrogens (tertiary/aromatic N) is 1. The number of aromatic nitrogens is 1. The van der Waals surface area contributed by atoms with E-state index in [1.54, 1.807) is 0 Å². The van der Waals surface area contributed by atoms with Crippen molar-refractivity contribution in [2.75, 3.05) is 11.5 Å². The van der Waals surface area contributed by atoms with Gasteiger partial charge in [0.15, 0.2) is 0 Å². The van der Waals surface area contributed by atoms with Gasteiger partial charge in [-0.2, -0.15) is 13.2 Å². The number of nitrogen functional groups attached to an aromatic ring is 2. The molecule has 0 saturated heterocycles. The molecule has 0 saturated carbocycles. The van der Waals surface area contributed by atoms with Crippen molar-refractivity contribution < 1.29 is 13.2 Å². The van der Waals surface area contributed by atoms with Crippen LogP contribution < -0.4 is 11.5 Å². The Bertz CT molecular complexity index is 314. The second kappa shape index (κ2) is 4.41. The molecule has 1 aromatic heterocycles. The molecule has 14 heavy (non-hydrogen) atoms. The van der Waals surface area contributed by atoms with E-state index in [2.05, 4.69) is 4.98 Å². The zero-order valence-corrected chi connectivity index (χ0v) is 7.12. The fourth-order valence-electron chi connectivity index (χ4n) is 0.662. The van der Waals surface area contributed by atoms with Gasteiger partial charge in [0.05, 0.1) is 5.69 Å². The summed E-state index contributed by atoms with van der Waals surface area (Å²) < 4.78 is 35.5. The standard InChI is InChI=1S/C6H6F3N3S.CH4/c7-6(8,9)13-3-1-4(10)5(11)12-2-3;/h1-2H,10H2,(H2,11,12);1H4. The molecule has 0 bridgehead atoms. The Morgan fingerprint density at radius 1 is 1.29 bits per heavy atom. The van der Waals surface area contributed by atoms with Crippen LogP contribution in [0.1, 0.15) is 7.43 Å². The van der Waals surface area contributed by atoms with Crippen LogP contribution in [-0.4, -0.2) is 10.5 Å². The lowest BCUT2D eigenvalue weighted by Gasteiger charge is -2.06. The van der Waals surface area contributed by atoms with E-state index in [1.807, 2.05) is 0 Å². The van der Waals surface area contributed by atoms with Crippen molar-refractivity contribution in [3.8, 4) is 0 Å². The average molecular weight is 225 g/mol. The van der Waals surface area contributed by atoms with E-state index in [9.17, 15) is 13.2 Å². The molecule has 1 rings (SSSR count). The van der Waals surface area contributed by atoms with Crippen LogP contribution in [0, 0.1) is 0 Å². The normalized spacial score (nSPS) is 10.8. The van der Waals surface area contributed by atoms with E-state index in [0.717, 1.165) is 12.3 Å². The molecule has 0 unspecified atom stereocenters. The van der Waals surface area contributed by atoms with Crippen LogP contribution >= 0.6 is 11.8 Å². The zero-order chi connectivity index (χ0) is 10.1. The Morgan fingerprint density at radius 2 is 1.86 bits per heavy atom. The summed E-state index contributed by atoms with van der Waals surface area (Å²) in [5.74, 6) is 0.0338. The Labute approximate surface area is 83.7 Å². The summed E-state index contributed by atoms with van der Waals surface area (Å²) in [5, 5.41) is 0. The lowest BCUT2D eigenvalue weighted by atomic mass is 10.4. The molecule has 0 aliphatic carbocycles. The van der Waals surface area contributed by atoms with Gasteiger partial charge in [0, 0.05) is 11.1 Å². The lowest BCUT2D eigenvalue weighted by Crippen LogP contribution is -2.02. The predicted molar refractivity (Wildman–Crippen MR) is 51.7 cm³/mol. The monoisotopic (exact) mass is 225 g/mol. The SMILES string of the molecule is C.Nc1cc(SC(F)(F)F)cnc1N. The number of nitrogens with two attached hydrogens (primary N) is 2. The number of alkyl halides is 3. The molecule has 80 valence electrons. The van der Waals surface area contributed by atoms with E-state index < -0.39 is 5.51 Å². The van der Waals surface area contributed by atoms with Crippen molar-refractivity contribution in [3.05, 3.63) is 12.3 Å². The van der Waals surface area contributed by atoms with Crippen LogP contribution in [0.5, 0.6) is 0 Å². The molecule has 1 heterocycles. The van der Waals surface area contributed by atoms with Crippen LogP contribution in [0.2, 0.25) is 0 Å². The summed E-state index contributed by atoms with van der Waals surface area (Å²) in [6, 6.07) is 1.14. The van der Waals surface area contributed by atoms with Crippen molar-refractivity contribution >= 4 is 23.3 Å². The minimum absolute atomic E-state index is 0. The van der Waals surface area contributed by atoms with Gasteiger partial charge in [-0.1, -0.05) is 7.43 Å². The molecule has 0 atom stereocenters. The fraction of sp³-hybridized carbons (Fsp3) is 0.286. The number of pyridine rings is 1. The van der Waals surface area contributed by atoms with Gasteiger partial charge in [0.1, 0.15) is 5.82 Å². The smallest absolute Gasteiger partial charge is 0.396 e. The highest BCUT2D eigenvalue weighted by molar-refractivity contribution is 8.00. The molecule has 7 heteroatoms. The van der Waals surface area contributed by atoms with E-state index >= 15 is 0 Å². The predicted octanol–water partition coefficient (Wildman–Crippen LogP) is 2.49. The highest BCUT2D eigenvalue weighted by Gasteiger charge is 2.29. The van der Waals surface area contributed by atoms with E-state index in [0.29, 0.717) is 0 Å². The molecule has 1 aromatic rings. The van der Waals surface area contributed by atoms with Gasteiger partial charge in [-0.25, -0.2) is 4.98 Å². The molecule has 4 N–H and O–H groups in total. The van der Waals surface area contributed by atoms with Gasteiger partial charge in [0.25, 0.3) is 0 Å². The summed E-state index contributed by atoms with van der Waals surface area (Å²) in [6.45, 7) is 0. The van der Waals surface area contributed by atoms with Gasteiger partial charge in [0.2, 0.25) is 0 Å². The van der Waals surface area contributed by atoms with Gasteiger partial charge in [-0.15, -0.1) is 0 Å². The molecule has 0 aliphatic heterocycles. The molecule has 0 fully saturated rings. The van der Waals surface area contributed by atoms with Gasteiger partial charge < -0.3 is 11.5 Å². The number of hydrogen-bond acceptors (Lipinski definition) is 4. The maximum absolute atomic E-state index is 11.8. The minimum atomic E-state index is -4.33. The molecule has 3 nitrogen and oxygen atoms in total. The second-order valence-corrected chi connectivity index (χ2v) is 3.33. The van der Waals surface area contributed by atoms with Gasteiger partial charge in [-0.05, 0) is 17.8 Å². The summed E-state index contributed by atoms with van der Waals surface area (Å²) in [4.78, 5) is 3.42. The third kappa shape index (κ3) is 3.73. The van der Waals surface area contributed by atoms with Crippen molar-refractivity contribution in [1.29, 1.82) is 0 Å². The molecule has 0 aromatic carbocycles. The number of hydrogen-bond donors (Lipinski definition) is 2. The average Bonchev–Trinajstić information content (AvgIpc) is 1.94. The largest absolute Gasteiger partial charge is 0.446 e. The van der Waals surface area contributed by atoms with Crippen LogP contribution in [0.25, 0.3) is 0 Å². The maximum Gasteiger partial charge on any atom is 0.446 e. The zero-order valence-electron chi connectivity index (χ0n) is 6.30. The summed E-state index contributed by atoms with van der Waals surface area (Å²) >= 11 is -0.274. The Balaban J connectivity index is 0.00000169. The van der Waals surface area contributed by atoms with Crippen molar-refractivity contribution in [2.45, 2.75) is 17.8 Å². The van der Waals surface area contributed by atoms with Crippen LogP contribution in [-0.2, 0) is 0 Å². The van der Waals surface area contributed by atoms with Gasteiger partial charge >= 0.3 is 5.51 Å². The van der Waals surface area contributed by atoms with Crippen LogP contribution in [0.4, 0.5) is 24.7 Å². The van der Waals surface area contributed by atoms with E-state index in [4.69, 9.17) is 11.5 Å². The highest BCUT2D eigenvalue weighted by Crippen LogP contribution is 2.37. The molecule has 0 radical (unpaired) electrons. The van der Waals surface area contributed by atoms with Gasteiger partial charge in [-0.3, -0.25) is 0 Å². The maximum atomic E-state index is 11.8. The van der Waals surface area contributed by atoms with Crippen molar-refractivity contribution in [3.63, 3.8) is 0 Å². The van der Waals surface area contributed by atoms with Crippen molar-refractivity contribution in [1.82, 2.24) is 4.98 Å². The topological polar surface area (TPSA) is 64.9 Å². The number of anilines is 2. The van der Waals surface area contributed by atoms with E-state index in [1.165, 1.54) is 0 Å². The molecular weight excluding hydrogens is 215 g/mol. The third-order valence-corrected chi connectivity index (χ3v) is 1.85. The van der Waals surface area contributed by atoms with Crippen LogP contribution in [0.15, 0.2) is 17.2 Å². The molecule has 0 aliphatic rings. The number of thioether (sulfide) groups is 1. The van der Waals surface area contributed by atoms with Crippen molar-refractivity contribution in [2.24, 2.45) is 0 Å². The quantitative estimate of drug-likeness (QED) is 0.721. The third-order valence-electron chi connectivity index (χ3n) is 1.16. The Hall–Kier alpha value is -1.11. The Kier molecular flexibility index (Phi) is 4.06. The summed E-state index contributed by atoms with van der Waals surface area (Å²) in [7, 11) is 0. The fourth-order valence-corrected chi connectivity index (χ4v) is 1.22. The van der Waals surface area contributed by atoms with Crippen LogP contribution in [0.3, 0.4) is 0 Å². The molecule has 0 amide bonds. The number of rotatable bonds is 1. The summed E-state index contributed by atoms with van der Waals surface area (Å²) in [6.07, 6.45) is 1.03. The van der Waals surface area contributed by atoms with E-state index in [-0.39, 0.29) is 35.6 Å². The second-order valence-electron chi connectivity index (χ2n) is 2.19. The molecule has 0 spiro atoms. The number of halogens is 3. The Morgan fingerprint density at radius 3 is 2.29 bits per heavy atom. The first-order valence-electron chi connectivity index (χ1n) is 3.15. The lowest BCUT2D eigenvalue weighted by molar-refractivity contribution is -0.0328. The first kappa shape index (κ1) is 12.9. The minimum Gasteiger partial charge on any atom is -0.396 e. The highest BCUT2D eigenvalue weighted by atomic mass is 32.2. The summed E-state index contributed by atoms with van der Waals surface area (Å²) in [5.41, 5.74) is 6.22. The first-order valence-corrected chi connectivity index (χ1v) is 3.97. The molecular formula is C7H10F3N3S.